The second-order valence-corrected chi connectivity index (χ2v) is 4.06. The van der Waals surface area contributed by atoms with Crippen LogP contribution >= 0.6 is 31.9 Å². The van der Waals surface area contributed by atoms with E-state index >= 15 is 0 Å². The van der Waals surface area contributed by atoms with Gasteiger partial charge in [0.1, 0.15) is 5.75 Å². The lowest BCUT2D eigenvalue weighted by molar-refractivity contribution is 0.324. The van der Waals surface area contributed by atoms with Crippen molar-refractivity contribution in [3.8, 4) is 5.75 Å². The average molecular weight is 321 g/mol. The molecule has 74 valence electrons. The van der Waals surface area contributed by atoms with Gasteiger partial charge in [-0.25, -0.2) is 0 Å². The first kappa shape index (κ1) is 11.4. The van der Waals surface area contributed by atoms with Gasteiger partial charge in [-0.05, 0) is 49.5 Å². The molecular formula is C8H7Br2N3O. The minimum absolute atomic E-state index is 0.324. The van der Waals surface area contributed by atoms with Gasteiger partial charge in [-0.3, -0.25) is 0 Å². The Kier molecular flexibility index (Phi) is 4.79. The summed E-state index contributed by atoms with van der Waals surface area (Å²) in [5.74, 6) is 0.723. The topological polar surface area (TPSA) is 58.0 Å². The molecule has 0 amide bonds. The van der Waals surface area contributed by atoms with Crippen molar-refractivity contribution in [2.24, 2.45) is 5.11 Å². The summed E-state index contributed by atoms with van der Waals surface area (Å²) >= 11 is 6.72. The highest BCUT2D eigenvalue weighted by atomic mass is 79.9. The monoisotopic (exact) mass is 319 g/mol. The molecule has 1 aromatic rings. The van der Waals surface area contributed by atoms with E-state index in [2.05, 4.69) is 41.9 Å². The third kappa shape index (κ3) is 3.21. The van der Waals surface area contributed by atoms with Crippen LogP contribution in [0, 0.1) is 0 Å². The van der Waals surface area contributed by atoms with Crippen molar-refractivity contribution >= 4 is 31.9 Å². The van der Waals surface area contributed by atoms with Crippen molar-refractivity contribution in [1.29, 1.82) is 0 Å². The second-order valence-electron chi connectivity index (χ2n) is 2.35. The number of hydrogen-bond acceptors (Lipinski definition) is 2. The lowest BCUT2D eigenvalue weighted by Gasteiger charge is -2.08. The van der Waals surface area contributed by atoms with Crippen molar-refractivity contribution in [3.63, 3.8) is 0 Å². The van der Waals surface area contributed by atoms with Crippen molar-refractivity contribution in [2.75, 3.05) is 13.2 Å². The lowest BCUT2D eigenvalue weighted by atomic mass is 10.3. The standard InChI is InChI=1S/C8H7Br2N3O/c9-6-2-1-3-7(10)8(6)14-5-4-12-13-11/h1-3H,4-5H2. The number of azide groups is 1. The van der Waals surface area contributed by atoms with Crippen molar-refractivity contribution in [2.45, 2.75) is 0 Å². The summed E-state index contributed by atoms with van der Waals surface area (Å²) in [6, 6.07) is 5.66. The van der Waals surface area contributed by atoms with Gasteiger partial charge in [0, 0.05) is 4.91 Å². The Morgan fingerprint density at radius 2 is 2.00 bits per heavy atom. The Bertz CT molecular complexity index is 343. The number of ether oxygens (including phenoxy) is 1. The molecule has 4 nitrogen and oxygen atoms in total. The highest BCUT2D eigenvalue weighted by molar-refractivity contribution is 9.11. The molecule has 0 heterocycles. The predicted molar refractivity (Wildman–Crippen MR) is 61.4 cm³/mol. The molecule has 0 fully saturated rings. The zero-order valence-electron chi connectivity index (χ0n) is 7.15. The zero-order valence-corrected chi connectivity index (χ0v) is 10.3. The molecule has 0 aliphatic carbocycles. The van der Waals surface area contributed by atoms with E-state index in [9.17, 15) is 0 Å². The molecule has 0 atom stereocenters. The Balaban J connectivity index is 2.61. The average Bonchev–Trinajstić information content (AvgIpc) is 2.16. The lowest BCUT2D eigenvalue weighted by Crippen LogP contribution is -2.01. The molecule has 0 radical (unpaired) electrons. The summed E-state index contributed by atoms with van der Waals surface area (Å²) in [4.78, 5) is 2.63. The van der Waals surface area contributed by atoms with Gasteiger partial charge in [0.2, 0.25) is 0 Å². The summed E-state index contributed by atoms with van der Waals surface area (Å²) in [5, 5.41) is 3.37. The van der Waals surface area contributed by atoms with E-state index in [1.165, 1.54) is 0 Å². The molecular weight excluding hydrogens is 314 g/mol. The van der Waals surface area contributed by atoms with E-state index in [1.54, 1.807) is 0 Å². The number of para-hydroxylation sites is 1. The number of nitrogens with zero attached hydrogens (tertiary/aromatic N) is 3. The van der Waals surface area contributed by atoms with E-state index in [0.717, 1.165) is 14.7 Å². The van der Waals surface area contributed by atoms with Gasteiger partial charge in [0.25, 0.3) is 0 Å². The van der Waals surface area contributed by atoms with Crippen LogP contribution in [0.1, 0.15) is 0 Å². The number of hydrogen-bond donors (Lipinski definition) is 0. The fourth-order valence-corrected chi connectivity index (χ4v) is 2.08. The SMILES string of the molecule is [N-]=[N+]=NCCOc1c(Br)cccc1Br. The molecule has 6 heteroatoms. The van der Waals surface area contributed by atoms with Gasteiger partial charge in [-0.2, -0.15) is 0 Å². The van der Waals surface area contributed by atoms with Crippen LogP contribution in [-0.2, 0) is 0 Å². The summed E-state index contributed by atoms with van der Waals surface area (Å²) in [6.45, 7) is 0.690. The van der Waals surface area contributed by atoms with Gasteiger partial charge in [0.05, 0.1) is 22.1 Å². The Morgan fingerprint density at radius 3 is 2.57 bits per heavy atom. The van der Waals surface area contributed by atoms with Crippen LogP contribution < -0.4 is 4.74 Å². The van der Waals surface area contributed by atoms with Crippen LogP contribution in [-0.4, -0.2) is 13.2 Å². The minimum Gasteiger partial charge on any atom is -0.491 e. The third-order valence-electron chi connectivity index (χ3n) is 1.42. The van der Waals surface area contributed by atoms with Crippen LogP contribution in [0.3, 0.4) is 0 Å². The quantitative estimate of drug-likeness (QED) is 0.359. The van der Waals surface area contributed by atoms with E-state index in [4.69, 9.17) is 10.3 Å². The maximum Gasteiger partial charge on any atom is 0.147 e. The highest BCUT2D eigenvalue weighted by Gasteiger charge is 2.04. The maximum atomic E-state index is 8.06. The summed E-state index contributed by atoms with van der Waals surface area (Å²) < 4.78 is 7.15. The molecule has 0 N–H and O–H groups in total. The van der Waals surface area contributed by atoms with Crippen molar-refractivity contribution in [3.05, 3.63) is 37.6 Å². The highest BCUT2D eigenvalue weighted by Crippen LogP contribution is 2.32. The first-order valence-electron chi connectivity index (χ1n) is 3.83. The smallest absolute Gasteiger partial charge is 0.147 e. The van der Waals surface area contributed by atoms with Crippen molar-refractivity contribution in [1.82, 2.24) is 0 Å². The number of rotatable bonds is 4. The Hall–Kier alpha value is -0.710. The van der Waals surface area contributed by atoms with E-state index < -0.39 is 0 Å². The minimum atomic E-state index is 0.324. The molecule has 1 rings (SSSR count). The second kappa shape index (κ2) is 5.90. The molecule has 0 aliphatic heterocycles. The third-order valence-corrected chi connectivity index (χ3v) is 2.67. The van der Waals surface area contributed by atoms with Crippen LogP contribution in [0.2, 0.25) is 0 Å². The normalized spacial score (nSPS) is 9.29. The van der Waals surface area contributed by atoms with Crippen LogP contribution in [0.25, 0.3) is 10.4 Å². The summed E-state index contributed by atoms with van der Waals surface area (Å²) in [5.41, 5.74) is 8.06. The molecule has 0 aromatic heterocycles. The van der Waals surface area contributed by atoms with Gasteiger partial charge in [-0.15, -0.1) is 0 Å². The largest absolute Gasteiger partial charge is 0.491 e. The molecule has 1 aromatic carbocycles. The van der Waals surface area contributed by atoms with E-state index in [1.807, 2.05) is 18.2 Å². The molecule has 0 saturated carbocycles. The number of benzene rings is 1. The molecule has 0 unspecified atom stereocenters. The van der Waals surface area contributed by atoms with Gasteiger partial charge >= 0.3 is 0 Å². The molecule has 0 bridgehead atoms. The van der Waals surface area contributed by atoms with E-state index in [-0.39, 0.29) is 0 Å². The first-order valence-corrected chi connectivity index (χ1v) is 5.42. The van der Waals surface area contributed by atoms with Crippen LogP contribution in [0.4, 0.5) is 0 Å². The van der Waals surface area contributed by atoms with Gasteiger partial charge in [-0.1, -0.05) is 11.2 Å². The van der Waals surface area contributed by atoms with Crippen molar-refractivity contribution < 1.29 is 4.74 Å². The summed E-state index contributed by atoms with van der Waals surface area (Å²) in [7, 11) is 0. The van der Waals surface area contributed by atoms with Crippen LogP contribution in [0.5, 0.6) is 5.75 Å². The zero-order chi connectivity index (χ0) is 10.4. The van der Waals surface area contributed by atoms with E-state index in [0.29, 0.717) is 13.2 Å². The van der Waals surface area contributed by atoms with Gasteiger partial charge in [0.15, 0.2) is 0 Å². The fraction of sp³-hybridized carbons (Fsp3) is 0.250. The summed E-state index contributed by atoms with van der Waals surface area (Å²) in [6.07, 6.45) is 0. The number of halogens is 2. The first-order chi connectivity index (χ1) is 6.75. The van der Waals surface area contributed by atoms with Gasteiger partial charge < -0.3 is 4.74 Å². The molecule has 0 saturated heterocycles. The Morgan fingerprint density at radius 1 is 1.36 bits per heavy atom. The van der Waals surface area contributed by atoms with Crippen LogP contribution in [0.15, 0.2) is 32.3 Å². The fourth-order valence-electron chi connectivity index (χ4n) is 0.854. The Labute approximate surface area is 98.1 Å². The predicted octanol–water partition coefficient (Wildman–Crippen LogP) is 3.90. The maximum absolute atomic E-state index is 8.06. The molecule has 0 aliphatic rings. The molecule has 0 spiro atoms. The molecule has 14 heavy (non-hydrogen) atoms.